The van der Waals surface area contributed by atoms with E-state index in [9.17, 15) is 5.11 Å². The van der Waals surface area contributed by atoms with Gasteiger partial charge in [-0.3, -0.25) is 4.98 Å². The number of halogens is 1. The molecule has 3 aromatic rings. The van der Waals surface area contributed by atoms with Crippen molar-refractivity contribution < 1.29 is 5.11 Å². The summed E-state index contributed by atoms with van der Waals surface area (Å²) in [4.78, 5) is 4.13. The molecule has 0 aliphatic rings. The molecule has 0 bridgehead atoms. The Morgan fingerprint density at radius 1 is 0.885 bits per heavy atom. The summed E-state index contributed by atoms with van der Waals surface area (Å²) < 4.78 is 0. The minimum absolute atomic E-state index is 0. The van der Waals surface area contributed by atoms with Gasteiger partial charge in [-0.25, -0.2) is 0 Å². The lowest BCUT2D eigenvalue weighted by Crippen LogP contribution is -2.36. The molecule has 138 valence electrons. The highest BCUT2D eigenvalue weighted by Crippen LogP contribution is 2.14. The number of aliphatic hydroxyl groups excluding tert-OH is 1. The number of hydrogen-bond donors (Lipinski definition) is 3. The molecule has 5 heteroatoms. The Balaban J connectivity index is 0.00000243. The van der Waals surface area contributed by atoms with E-state index in [-0.39, 0.29) is 18.5 Å². The number of rotatable bonds is 9. The van der Waals surface area contributed by atoms with Gasteiger partial charge in [0.2, 0.25) is 0 Å². The number of nitrogens with one attached hydrogen (secondary N) is 2. The standard InChI is InChI=1S/C21H25N3O.ClH/c25-21(15-23-10-8-17-4-2-1-3-5-17)16-24-13-18-6-7-20-14-22-11-9-19(20)12-18;/h1-7,9,11-12,14,21,23-25H,8,10,13,15-16H2;1H. The van der Waals surface area contributed by atoms with Crippen molar-refractivity contribution in [1.29, 1.82) is 0 Å². The van der Waals surface area contributed by atoms with Crippen LogP contribution in [0, 0.1) is 0 Å². The summed E-state index contributed by atoms with van der Waals surface area (Å²) in [7, 11) is 0. The number of fused-ring (bicyclic) bond motifs is 1. The van der Waals surface area contributed by atoms with Gasteiger partial charge in [0, 0.05) is 37.4 Å². The Bertz CT molecular complexity index is 782. The molecule has 3 N–H and O–H groups in total. The summed E-state index contributed by atoms with van der Waals surface area (Å²) in [6, 6.07) is 18.7. The number of pyridine rings is 1. The molecule has 2 aromatic carbocycles. The van der Waals surface area contributed by atoms with Crippen molar-refractivity contribution in [2.24, 2.45) is 0 Å². The van der Waals surface area contributed by atoms with E-state index in [1.54, 1.807) is 0 Å². The Morgan fingerprint density at radius 3 is 2.54 bits per heavy atom. The van der Waals surface area contributed by atoms with Crippen molar-refractivity contribution in [3.63, 3.8) is 0 Å². The minimum atomic E-state index is -0.388. The smallest absolute Gasteiger partial charge is 0.0788 e. The summed E-state index contributed by atoms with van der Waals surface area (Å²) in [5.74, 6) is 0. The van der Waals surface area contributed by atoms with E-state index in [0.29, 0.717) is 13.1 Å². The zero-order valence-corrected chi connectivity index (χ0v) is 15.6. The van der Waals surface area contributed by atoms with Gasteiger partial charge in [-0.15, -0.1) is 12.4 Å². The number of aliphatic hydroxyl groups is 1. The molecule has 0 radical (unpaired) electrons. The van der Waals surface area contributed by atoms with E-state index in [2.05, 4.69) is 58.1 Å². The summed E-state index contributed by atoms with van der Waals surface area (Å²) in [5, 5.41) is 19.0. The third kappa shape index (κ3) is 6.39. The fourth-order valence-electron chi connectivity index (χ4n) is 2.84. The molecule has 0 aliphatic heterocycles. The van der Waals surface area contributed by atoms with Crippen LogP contribution in [0.1, 0.15) is 11.1 Å². The first-order valence-electron chi connectivity index (χ1n) is 8.77. The summed E-state index contributed by atoms with van der Waals surface area (Å²) in [6.45, 7) is 2.80. The maximum absolute atomic E-state index is 10.1. The Kier molecular flexibility index (Phi) is 8.51. The largest absolute Gasteiger partial charge is 0.390 e. The molecule has 4 nitrogen and oxygen atoms in total. The zero-order chi connectivity index (χ0) is 17.3. The van der Waals surface area contributed by atoms with Crippen molar-refractivity contribution in [3.05, 3.63) is 78.1 Å². The van der Waals surface area contributed by atoms with Gasteiger partial charge in [0.15, 0.2) is 0 Å². The van der Waals surface area contributed by atoms with Gasteiger partial charge in [0.1, 0.15) is 0 Å². The molecule has 0 aliphatic carbocycles. The summed E-state index contributed by atoms with van der Waals surface area (Å²) in [6.07, 6.45) is 4.27. The number of nitrogens with zero attached hydrogens (tertiary/aromatic N) is 1. The lowest BCUT2D eigenvalue weighted by molar-refractivity contribution is 0.168. The van der Waals surface area contributed by atoms with Gasteiger partial charge in [0.05, 0.1) is 6.10 Å². The topological polar surface area (TPSA) is 57.2 Å². The van der Waals surface area contributed by atoms with Crippen molar-refractivity contribution >= 4 is 23.2 Å². The van der Waals surface area contributed by atoms with E-state index in [4.69, 9.17) is 0 Å². The zero-order valence-electron chi connectivity index (χ0n) is 14.8. The lowest BCUT2D eigenvalue weighted by Gasteiger charge is -2.13. The maximum atomic E-state index is 10.1. The van der Waals surface area contributed by atoms with Gasteiger partial charge in [-0.05, 0) is 41.6 Å². The lowest BCUT2D eigenvalue weighted by atomic mass is 10.1. The summed E-state index contributed by atoms with van der Waals surface area (Å²) >= 11 is 0. The Hall–Kier alpha value is -1.98. The van der Waals surface area contributed by atoms with Gasteiger partial charge in [-0.1, -0.05) is 42.5 Å². The van der Waals surface area contributed by atoms with Crippen LogP contribution in [0.25, 0.3) is 10.8 Å². The third-order valence-corrected chi connectivity index (χ3v) is 4.23. The van der Waals surface area contributed by atoms with E-state index in [1.807, 2.05) is 24.5 Å². The molecule has 1 unspecified atom stereocenters. The van der Waals surface area contributed by atoms with Crippen LogP contribution < -0.4 is 10.6 Å². The van der Waals surface area contributed by atoms with Gasteiger partial charge < -0.3 is 15.7 Å². The van der Waals surface area contributed by atoms with Crippen LogP contribution in [-0.2, 0) is 13.0 Å². The third-order valence-electron chi connectivity index (χ3n) is 4.23. The Labute approximate surface area is 161 Å². The number of aromatic nitrogens is 1. The predicted octanol–water partition coefficient (Wildman–Crippen LogP) is 2.94. The molecule has 1 atom stereocenters. The fourth-order valence-corrected chi connectivity index (χ4v) is 2.84. The molecule has 0 saturated heterocycles. The molecule has 1 aromatic heterocycles. The number of benzene rings is 2. The van der Waals surface area contributed by atoms with Gasteiger partial charge in [0.25, 0.3) is 0 Å². The first-order chi connectivity index (χ1) is 12.3. The van der Waals surface area contributed by atoms with E-state index in [0.717, 1.165) is 24.9 Å². The molecule has 0 amide bonds. The van der Waals surface area contributed by atoms with Crippen LogP contribution in [0.5, 0.6) is 0 Å². The average Bonchev–Trinajstić information content (AvgIpc) is 2.66. The van der Waals surface area contributed by atoms with Gasteiger partial charge in [-0.2, -0.15) is 0 Å². The molecule has 3 rings (SSSR count). The summed E-state index contributed by atoms with van der Waals surface area (Å²) in [5.41, 5.74) is 2.53. The monoisotopic (exact) mass is 371 g/mol. The van der Waals surface area contributed by atoms with Crippen LogP contribution in [0.3, 0.4) is 0 Å². The SMILES string of the molecule is Cl.OC(CNCCc1ccccc1)CNCc1ccc2cnccc2c1. The second-order valence-corrected chi connectivity index (χ2v) is 6.28. The van der Waals surface area contributed by atoms with Crippen molar-refractivity contribution in [2.75, 3.05) is 19.6 Å². The minimum Gasteiger partial charge on any atom is -0.390 e. The van der Waals surface area contributed by atoms with Crippen LogP contribution >= 0.6 is 12.4 Å². The molecule has 0 spiro atoms. The average molecular weight is 372 g/mol. The second kappa shape index (κ2) is 10.9. The van der Waals surface area contributed by atoms with Gasteiger partial charge >= 0.3 is 0 Å². The van der Waals surface area contributed by atoms with E-state index < -0.39 is 0 Å². The molecule has 0 saturated carbocycles. The van der Waals surface area contributed by atoms with Crippen LogP contribution in [-0.4, -0.2) is 35.8 Å². The molecule has 26 heavy (non-hydrogen) atoms. The quantitative estimate of drug-likeness (QED) is 0.506. The van der Waals surface area contributed by atoms with Crippen LogP contribution in [0.15, 0.2) is 67.0 Å². The van der Waals surface area contributed by atoms with E-state index >= 15 is 0 Å². The first-order valence-corrected chi connectivity index (χ1v) is 8.77. The molecular weight excluding hydrogens is 346 g/mol. The van der Waals surface area contributed by atoms with Crippen molar-refractivity contribution in [3.8, 4) is 0 Å². The normalized spacial score (nSPS) is 11.9. The van der Waals surface area contributed by atoms with E-state index in [1.165, 1.54) is 16.5 Å². The van der Waals surface area contributed by atoms with Crippen LogP contribution in [0.4, 0.5) is 0 Å². The molecular formula is C21H26ClN3O. The van der Waals surface area contributed by atoms with Crippen LogP contribution in [0.2, 0.25) is 0 Å². The first kappa shape index (κ1) is 20.3. The highest BCUT2D eigenvalue weighted by molar-refractivity contribution is 5.85. The highest BCUT2D eigenvalue weighted by Gasteiger charge is 2.03. The van der Waals surface area contributed by atoms with Crippen molar-refractivity contribution in [1.82, 2.24) is 15.6 Å². The molecule has 1 heterocycles. The predicted molar refractivity (Wildman–Crippen MR) is 110 cm³/mol. The molecule has 0 fully saturated rings. The highest BCUT2D eigenvalue weighted by atomic mass is 35.5. The second-order valence-electron chi connectivity index (χ2n) is 6.28. The fraction of sp³-hybridized carbons (Fsp3) is 0.286. The van der Waals surface area contributed by atoms with Crippen molar-refractivity contribution in [2.45, 2.75) is 19.1 Å². The maximum Gasteiger partial charge on any atom is 0.0788 e. The Morgan fingerprint density at radius 2 is 1.69 bits per heavy atom. The number of hydrogen-bond acceptors (Lipinski definition) is 4.